The number of hydrogen-bond acceptors (Lipinski definition) is 0. The highest BCUT2D eigenvalue weighted by atomic mass is 127. The van der Waals surface area contributed by atoms with Gasteiger partial charge in [-0.05, 0) is 19.4 Å². The Kier molecular flexibility index (Phi) is 3.79. The molecule has 12 heavy (non-hydrogen) atoms. The molecule has 0 saturated heterocycles. The lowest BCUT2D eigenvalue weighted by Crippen LogP contribution is -1.78. The molecular formula is C11H13I. The number of rotatable bonds is 2. The van der Waals surface area contributed by atoms with Crippen LogP contribution in [0, 0.1) is 6.92 Å². The van der Waals surface area contributed by atoms with Crippen molar-refractivity contribution in [2.45, 2.75) is 13.8 Å². The van der Waals surface area contributed by atoms with Gasteiger partial charge in [0, 0.05) is 4.43 Å². The molecule has 1 aromatic rings. The first-order chi connectivity index (χ1) is 5.72. The van der Waals surface area contributed by atoms with E-state index in [0.717, 1.165) is 4.43 Å². The molecule has 0 aliphatic rings. The summed E-state index contributed by atoms with van der Waals surface area (Å²) in [5.74, 6) is 0. The predicted octanol–water partition coefficient (Wildman–Crippen LogP) is 3.83. The van der Waals surface area contributed by atoms with Crippen LogP contribution in [0.15, 0.2) is 29.8 Å². The molecule has 0 aliphatic carbocycles. The van der Waals surface area contributed by atoms with E-state index in [1.54, 1.807) is 0 Å². The standard InChI is InChI=1S/C11H13I/c1-9-3-5-11(6-4-9)7-10(2)8-12/h3-7H,8H2,1-2H3/b10-7+. The third-order valence-corrected chi connectivity index (χ3v) is 2.90. The highest BCUT2D eigenvalue weighted by molar-refractivity contribution is 14.1. The minimum Gasteiger partial charge on any atom is -0.0815 e. The van der Waals surface area contributed by atoms with Gasteiger partial charge in [0.15, 0.2) is 0 Å². The normalized spacial score (nSPS) is 11.8. The molecule has 1 rings (SSSR count). The average molecular weight is 272 g/mol. The zero-order valence-electron chi connectivity index (χ0n) is 7.47. The highest BCUT2D eigenvalue weighted by Gasteiger charge is 1.88. The highest BCUT2D eigenvalue weighted by Crippen LogP contribution is 2.09. The van der Waals surface area contributed by atoms with Crippen LogP contribution in [-0.4, -0.2) is 4.43 Å². The third kappa shape index (κ3) is 2.97. The minimum absolute atomic E-state index is 1.10. The molecule has 0 radical (unpaired) electrons. The second-order valence-electron chi connectivity index (χ2n) is 3.04. The summed E-state index contributed by atoms with van der Waals surface area (Å²) in [6, 6.07) is 8.61. The molecule has 0 heterocycles. The molecule has 0 aromatic heterocycles. The molecule has 0 nitrogen and oxygen atoms in total. The quantitative estimate of drug-likeness (QED) is 0.567. The van der Waals surface area contributed by atoms with Gasteiger partial charge in [-0.3, -0.25) is 0 Å². The second kappa shape index (κ2) is 4.65. The van der Waals surface area contributed by atoms with E-state index in [2.05, 4.69) is 66.8 Å². The number of alkyl halides is 1. The summed E-state index contributed by atoms with van der Waals surface area (Å²) in [5.41, 5.74) is 4.04. The van der Waals surface area contributed by atoms with Gasteiger partial charge >= 0.3 is 0 Å². The lowest BCUT2D eigenvalue weighted by atomic mass is 10.1. The average Bonchev–Trinajstić information content (AvgIpc) is 2.09. The number of hydrogen-bond donors (Lipinski definition) is 0. The molecule has 0 amide bonds. The van der Waals surface area contributed by atoms with Gasteiger partial charge in [-0.2, -0.15) is 0 Å². The van der Waals surface area contributed by atoms with Crippen LogP contribution in [0.5, 0.6) is 0 Å². The van der Waals surface area contributed by atoms with E-state index in [0.29, 0.717) is 0 Å². The van der Waals surface area contributed by atoms with Gasteiger partial charge in [0.1, 0.15) is 0 Å². The lowest BCUT2D eigenvalue weighted by Gasteiger charge is -1.96. The van der Waals surface area contributed by atoms with Crippen molar-refractivity contribution in [1.29, 1.82) is 0 Å². The Morgan fingerprint density at radius 2 is 1.92 bits per heavy atom. The summed E-state index contributed by atoms with van der Waals surface area (Å²) in [7, 11) is 0. The SMILES string of the molecule is C/C(=C\c1ccc(C)cc1)CI. The Hall–Kier alpha value is -0.310. The zero-order chi connectivity index (χ0) is 8.97. The molecule has 0 saturated carbocycles. The second-order valence-corrected chi connectivity index (χ2v) is 3.80. The summed E-state index contributed by atoms with van der Waals surface area (Å²) in [5, 5.41) is 0. The van der Waals surface area contributed by atoms with Crippen molar-refractivity contribution in [1.82, 2.24) is 0 Å². The molecule has 0 N–H and O–H groups in total. The van der Waals surface area contributed by atoms with Crippen LogP contribution in [0.2, 0.25) is 0 Å². The Balaban J connectivity index is 2.84. The van der Waals surface area contributed by atoms with Crippen molar-refractivity contribution >= 4 is 28.7 Å². The molecule has 64 valence electrons. The minimum atomic E-state index is 1.10. The molecule has 1 heteroatoms. The molecule has 0 atom stereocenters. The van der Waals surface area contributed by atoms with Gasteiger partial charge in [-0.15, -0.1) is 0 Å². The Morgan fingerprint density at radius 3 is 2.42 bits per heavy atom. The largest absolute Gasteiger partial charge is 0.0815 e. The van der Waals surface area contributed by atoms with Crippen LogP contribution < -0.4 is 0 Å². The first-order valence-electron chi connectivity index (χ1n) is 4.02. The number of aryl methyl sites for hydroxylation is 1. The molecule has 1 aromatic carbocycles. The summed E-state index contributed by atoms with van der Waals surface area (Å²) >= 11 is 2.38. The van der Waals surface area contributed by atoms with Crippen LogP contribution in [-0.2, 0) is 0 Å². The topological polar surface area (TPSA) is 0 Å². The van der Waals surface area contributed by atoms with E-state index in [1.165, 1.54) is 16.7 Å². The monoisotopic (exact) mass is 272 g/mol. The van der Waals surface area contributed by atoms with E-state index in [-0.39, 0.29) is 0 Å². The van der Waals surface area contributed by atoms with Gasteiger partial charge in [0.2, 0.25) is 0 Å². The lowest BCUT2D eigenvalue weighted by molar-refractivity contribution is 1.43. The fraction of sp³-hybridized carbons (Fsp3) is 0.273. The van der Waals surface area contributed by atoms with Gasteiger partial charge in [-0.25, -0.2) is 0 Å². The van der Waals surface area contributed by atoms with Gasteiger partial charge in [0.25, 0.3) is 0 Å². The predicted molar refractivity (Wildman–Crippen MR) is 63.7 cm³/mol. The van der Waals surface area contributed by atoms with Crippen molar-refractivity contribution in [2.24, 2.45) is 0 Å². The van der Waals surface area contributed by atoms with Crippen LogP contribution in [0.3, 0.4) is 0 Å². The summed E-state index contributed by atoms with van der Waals surface area (Å²) in [6.07, 6.45) is 2.23. The van der Waals surface area contributed by atoms with Crippen molar-refractivity contribution in [3.05, 3.63) is 41.0 Å². The Labute approximate surface area is 87.8 Å². The fourth-order valence-corrected chi connectivity index (χ4v) is 1.21. The van der Waals surface area contributed by atoms with E-state index in [9.17, 15) is 0 Å². The van der Waals surface area contributed by atoms with Crippen LogP contribution in [0.4, 0.5) is 0 Å². The van der Waals surface area contributed by atoms with Gasteiger partial charge in [-0.1, -0.05) is 64.1 Å². The van der Waals surface area contributed by atoms with E-state index >= 15 is 0 Å². The first kappa shape index (κ1) is 9.78. The maximum Gasteiger partial charge on any atom is 0.0206 e. The van der Waals surface area contributed by atoms with Gasteiger partial charge in [0.05, 0.1) is 0 Å². The zero-order valence-corrected chi connectivity index (χ0v) is 9.63. The van der Waals surface area contributed by atoms with Crippen molar-refractivity contribution in [3.63, 3.8) is 0 Å². The fourth-order valence-electron chi connectivity index (χ4n) is 0.986. The Bertz CT molecular complexity index is 270. The smallest absolute Gasteiger partial charge is 0.0206 e. The van der Waals surface area contributed by atoms with E-state index in [4.69, 9.17) is 0 Å². The van der Waals surface area contributed by atoms with Crippen LogP contribution in [0.25, 0.3) is 6.08 Å². The van der Waals surface area contributed by atoms with E-state index in [1.807, 2.05) is 0 Å². The molecule has 0 bridgehead atoms. The van der Waals surface area contributed by atoms with Crippen LogP contribution in [0.1, 0.15) is 18.1 Å². The third-order valence-electron chi connectivity index (χ3n) is 1.70. The Morgan fingerprint density at radius 1 is 1.33 bits per heavy atom. The van der Waals surface area contributed by atoms with Crippen molar-refractivity contribution in [3.8, 4) is 0 Å². The van der Waals surface area contributed by atoms with Crippen LogP contribution >= 0.6 is 22.6 Å². The first-order valence-corrected chi connectivity index (χ1v) is 5.55. The number of benzene rings is 1. The maximum absolute atomic E-state index is 2.38. The summed E-state index contributed by atoms with van der Waals surface area (Å²) < 4.78 is 1.10. The van der Waals surface area contributed by atoms with E-state index < -0.39 is 0 Å². The molecule has 0 fully saturated rings. The van der Waals surface area contributed by atoms with Crippen molar-refractivity contribution < 1.29 is 0 Å². The molecule has 0 unspecified atom stereocenters. The molecular weight excluding hydrogens is 259 g/mol. The van der Waals surface area contributed by atoms with Gasteiger partial charge < -0.3 is 0 Å². The summed E-state index contributed by atoms with van der Waals surface area (Å²) in [6.45, 7) is 4.27. The van der Waals surface area contributed by atoms with Crippen molar-refractivity contribution in [2.75, 3.05) is 4.43 Å². The summed E-state index contributed by atoms with van der Waals surface area (Å²) in [4.78, 5) is 0. The number of halogens is 1. The molecule has 0 aliphatic heterocycles. The maximum atomic E-state index is 2.38. The molecule has 0 spiro atoms. The number of allylic oxidation sites excluding steroid dienone is 1.